The highest BCUT2D eigenvalue weighted by atomic mass is 79.9. The zero-order valence-corrected chi connectivity index (χ0v) is 16.1. The second-order valence-electron chi connectivity index (χ2n) is 5.59. The standard InChI is InChI=1S/C17H18BrN3O2S/c1-10(12-6-7-14(22-3)13(18)9-12)19-11(2)16-20-21-17(23-16)15-5-4-8-24-15/h4-11,19H,1-3H3/p+1/t10-,11-/m0/s1. The van der Waals surface area contributed by atoms with Crippen LogP contribution in [0.25, 0.3) is 10.8 Å². The van der Waals surface area contributed by atoms with Gasteiger partial charge >= 0.3 is 0 Å². The van der Waals surface area contributed by atoms with Crippen LogP contribution in [0.1, 0.15) is 37.4 Å². The molecule has 1 aromatic carbocycles. The molecule has 3 aromatic rings. The molecule has 0 bridgehead atoms. The molecule has 126 valence electrons. The Morgan fingerprint density at radius 3 is 2.71 bits per heavy atom. The lowest BCUT2D eigenvalue weighted by atomic mass is 10.1. The second-order valence-corrected chi connectivity index (χ2v) is 7.39. The maximum Gasteiger partial charge on any atom is 0.274 e. The quantitative estimate of drug-likeness (QED) is 0.670. The van der Waals surface area contributed by atoms with Gasteiger partial charge in [-0.2, -0.15) is 0 Å². The van der Waals surface area contributed by atoms with Crippen molar-refractivity contribution in [3.63, 3.8) is 0 Å². The van der Waals surface area contributed by atoms with Gasteiger partial charge in [-0.3, -0.25) is 0 Å². The van der Waals surface area contributed by atoms with E-state index in [0.717, 1.165) is 15.1 Å². The van der Waals surface area contributed by atoms with Gasteiger partial charge in [-0.15, -0.1) is 21.5 Å². The van der Waals surface area contributed by atoms with Gasteiger partial charge in [0.2, 0.25) is 0 Å². The molecule has 0 amide bonds. The Balaban J connectivity index is 1.70. The summed E-state index contributed by atoms with van der Waals surface area (Å²) in [6, 6.07) is 10.4. The minimum absolute atomic E-state index is 0.0714. The molecule has 2 aromatic heterocycles. The van der Waals surface area contributed by atoms with Crippen molar-refractivity contribution in [3.05, 3.63) is 51.6 Å². The Bertz CT molecular complexity index is 804. The number of halogens is 1. The van der Waals surface area contributed by atoms with E-state index in [4.69, 9.17) is 9.15 Å². The first kappa shape index (κ1) is 17.1. The van der Waals surface area contributed by atoms with Crippen LogP contribution in [0.15, 0.2) is 44.6 Å². The number of rotatable bonds is 6. The minimum Gasteiger partial charge on any atom is -0.496 e. The van der Waals surface area contributed by atoms with Crippen LogP contribution in [0.2, 0.25) is 0 Å². The lowest BCUT2D eigenvalue weighted by Crippen LogP contribution is -2.85. The summed E-state index contributed by atoms with van der Waals surface area (Å²) < 4.78 is 12.0. The van der Waals surface area contributed by atoms with Crippen LogP contribution in [0, 0.1) is 0 Å². The van der Waals surface area contributed by atoms with E-state index < -0.39 is 0 Å². The summed E-state index contributed by atoms with van der Waals surface area (Å²) in [5.74, 6) is 2.05. The van der Waals surface area contributed by atoms with E-state index in [9.17, 15) is 0 Å². The number of aromatic nitrogens is 2. The largest absolute Gasteiger partial charge is 0.496 e. The summed E-state index contributed by atoms with van der Waals surface area (Å²) in [4.78, 5) is 0.994. The SMILES string of the molecule is COc1ccc([C@H](C)[NH2+][C@@H](C)c2nnc(-c3cccs3)o2)cc1Br. The van der Waals surface area contributed by atoms with Gasteiger partial charge < -0.3 is 14.5 Å². The van der Waals surface area contributed by atoms with Crippen molar-refractivity contribution < 1.29 is 14.5 Å². The average Bonchev–Trinajstić information content (AvgIpc) is 3.25. The number of methoxy groups -OCH3 is 1. The molecule has 0 saturated heterocycles. The number of nitrogens with zero attached hydrogens (tertiary/aromatic N) is 2. The van der Waals surface area contributed by atoms with E-state index in [2.05, 4.69) is 57.4 Å². The van der Waals surface area contributed by atoms with Gasteiger partial charge in [0.1, 0.15) is 11.8 Å². The molecule has 5 nitrogen and oxygen atoms in total. The molecule has 0 saturated carbocycles. The summed E-state index contributed by atoms with van der Waals surface area (Å²) in [6.07, 6.45) is 0. The number of nitrogens with two attached hydrogens (primary N) is 1. The summed E-state index contributed by atoms with van der Waals surface area (Å²) in [6.45, 7) is 4.22. The molecule has 0 aliphatic heterocycles. The molecule has 0 spiro atoms. The van der Waals surface area contributed by atoms with Gasteiger partial charge in [-0.1, -0.05) is 6.07 Å². The average molecular weight is 409 g/mol. The van der Waals surface area contributed by atoms with Crippen molar-refractivity contribution in [2.75, 3.05) is 7.11 Å². The predicted molar refractivity (Wildman–Crippen MR) is 97.1 cm³/mol. The summed E-state index contributed by atoms with van der Waals surface area (Å²) in [5, 5.41) is 12.5. The number of hydrogen-bond acceptors (Lipinski definition) is 5. The number of benzene rings is 1. The molecule has 0 fully saturated rings. The topological polar surface area (TPSA) is 64.8 Å². The summed E-state index contributed by atoms with van der Waals surface area (Å²) in [7, 11) is 1.66. The van der Waals surface area contributed by atoms with E-state index in [1.807, 2.05) is 23.6 Å². The number of quaternary nitrogens is 1. The van der Waals surface area contributed by atoms with Gasteiger partial charge in [0.25, 0.3) is 11.8 Å². The first-order valence-corrected chi connectivity index (χ1v) is 9.31. The molecule has 0 radical (unpaired) electrons. The maximum atomic E-state index is 5.81. The maximum absolute atomic E-state index is 5.81. The third kappa shape index (κ3) is 3.68. The zero-order valence-electron chi connectivity index (χ0n) is 13.7. The predicted octanol–water partition coefficient (Wildman–Crippen LogP) is 3.95. The highest BCUT2D eigenvalue weighted by molar-refractivity contribution is 9.10. The Kier molecular flexibility index (Phi) is 5.33. The van der Waals surface area contributed by atoms with Gasteiger partial charge in [-0.05, 0) is 59.4 Å². The van der Waals surface area contributed by atoms with Gasteiger partial charge in [0.05, 0.1) is 16.5 Å². The van der Waals surface area contributed by atoms with Crippen molar-refractivity contribution >= 4 is 27.3 Å². The van der Waals surface area contributed by atoms with E-state index in [0.29, 0.717) is 11.8 Å². The fraction of sp³-hybridized carbons (Fsp3) is 0.294. The number of hydrogen-bond donors (Lipinski definition) is 1. The number of thiophene rings is 1. The highest BCUT2D eigenvalue weighted by Gasteiger charge is 2.21. The Morgan fingerprint density at radius 2 is 2.04 bits per heavy atom. The first-order chi connectivity index (χ1) is 11.6. The molecule has 2 N–H and O–H groups in total. The van der Waals surface area contributed by atoms with Crippen LogP contribution in [-0.4, -0.2) is 17.3 Å². The molecule has 2 heterocycles. The Morgan fingerprint density at radius 1 is 1.21 bits per heavy atom. The minimum atomic E-state index is 0.0714. The van der Waals surface area contributed by atoms with E-state index >= 15 is 0 Å². The van der Waals surface area contributed by atoms with E-state index in [1.54, 1.807) is 18.4 Å². The molecule has 0 aliphatic carbocycles. The third-order valence-corrected chi connectivity index (χ3v) is 5.32. The van der Waals surface area contributed by atoms with Crippen LogP contribution in [-0.2, 0) is 0 Å². The fourth-order valence-electron chi connectivity index (χ4n) is 2.51. The molecule has 7 heteroatoms. The van der Waals surface area contributed by atoms with Gasteiger partial charge in [0, 0.05) is 5.56 Å². The molecule has 0 aliphatic rings. The third-order valence-electron chi connectivity index (χ3n) is 3.84. The van der Waals surface area contributed by atoms with Crippen molar-refractivity contribution in [3.8, 4) is 16.5 Å². The van der Waals surface area contributed by atoms with Crippen molar-refractivity contribution in [1.82, 2.24) is 10.2 Å². The van der Waals surface area contributed by atoms with Crippen LogP contribution in [0.3, 0.4) is 0 Å². The van der Waals surface area contributed by atoms with Crippen molar-refractivity contribution in [1.29, 1.82) is 0 Å². The van der Waals surface area contributed by atoms with Crippen LogP contribution < -0.4 is 10.1 Å². The highest BCUT2D eigenvalue weighted by Crippen LogP contribution is 2.28. The van der Waals surface area contributed by atoms with Gasteiger partial charge in [0.15, 0.2) is 6.04 Å². The van der Waals surface area contributed by atoms with E-state index in [1.165, 1.54) is 5.56 Å². The van der Waals surface area contributed by atoms with Crippen LogP contribution in [0.4, 0.5) is 0 Å². The molecule has 0 unspecified atom stereocenters. The van der Waals surface area contributed by atoms with Crippen LogP contribution in [0.5, 0.6) is 5.75 Å². The molecular formula is C17H19BrN3O2S+. The van der Waals surface area contributed by atoms with Gasteiger partial charge in [-0.25, -0.2) is 0 Å². The molecule has 3 rings (SSSR count). The second kappa shape index (κ2) is 7.46. The number of ether oxygens (including phenoxy) is 1. The lowest BCUT2D eigenvalue weighted by Gasteiger charge is -2.15. The summed E-state index contributed by atoms with van der Waals surface area (Å²) >= 11 is 5.13. The zero-order chi connectivity index (χ0) is 17.1. The fourth-order valence-corrected chi connectivity index (χ4v) is 3.71. The lowest BCUT2D eigenvalue weighted by molar-refractivity contribution is -0.730. The Hall–Kier alpha value is -1.70. The molecule has 24 heavy (non-hydrogen) atoms. The normalized spacial score (nSPS) is 13.7. The molecule has 2 atom stereocenters. The molecular weight excluding hydrogens is 390 g/mol. The smallest absolute Gasteiger partial charge is 0.274 e. The Labute approximate surface area is 153 Å². The monoisotopic (exact) mass is 408 g/mol. The summed E-state index contributed by atoms with van der Waals surface area (Å²) in [5.41, 5.74) is 1.20. The van der Waals surface area contributed by atoms with Crippen molar-refractivity contribution in [2.45, 2.75) is 25.9 Å². The van der Waals surface area contributed by atoms with Crippen LogP contribution >= 0.6 is 27.3 Å². The first-order valence-electron chi connectivity index (χ1n) is 7.64. The van der Waals surface area contributed by atoms with E-state index in [-0.39, 0.29) is 12.1 Å². The van der Waals surface area contributed by atoms with Crippen molar-refractivity contribution in [2.24, 2.45) is 0 Å².